The fraction of sp³-hybridized carbons (Fsp3) is 0.0455. The molecule has 8 heteroatoms. The normalized spacial score (nSPS) is 10.8. The summed E-state index contributed by atoms with van der Waals surface area (Å²) < 4.78 is 33.0. The standard InChI is InChI=1S/C22H15F2N3O3/c1-27-19-11-10-17(25-20(28)13-2-6-15(23)7-3-13)12-18(19)21(26-27)30-22(29)14-4-8-16(24)9-5-14/h2-12H,1H3,(H,25,28). The van der Waals surface area contributed by atoms with E-state index in [0.717, 1.165) is 12.1 Å². The molecule has 4 rings (SSSR count). The van der Waals surface area contributed by atoms with E-state index in [4.69, 9.17) is 4.74 Å². The van der Waals surface area contributed by atoms with Gasteiger partial charge in [-0.25, -0.2) is 13.6 Å². The number of aromatic nitrogens is 2. The molecule has 0 atom stereocenters. The lowest BCUT2D eigenvalue weighted by Gasteiger charge is -2.06. The molecule has 1 aromatic heterocycles. The number of hydrogen-bond acceptors (Lipinski definition) is 4. The summed E-state index contributed by atoms with van der Waals surface area (Å²) in [5.41, 5.74) is 1.60. The Kier molecular flexibility index (Phi) is 4.97. The molecule has 1 heterocycles. The van der Waals surface area contributed by atoms with E-state index < -0.39 is 23.5 Å². The highest BCUT2D eigenvalue weighted by molar-refractivity contribution is 6.05. The van der Waals surface area contributed by atoms with Gasteiger partial charge in [-0.3, -0.25) is 9.48 Å². The summed E-state index contributed by atoms with van der Waals surface area (Å²) in [7, 11) is 1.69. The Labute approximate surface area is 169 Å². The van der Waals surface area contributed by atoms with Crippen LogP contribution in [0.2, 0.25) is 0 Å². The van der Waals surface area contributed by atoms with Gasteiger partial charge in [-0.15, -0.1) is 5.10 Å². The second-order valence-corrected chi connectivity index (χ2v) is 6.52. The number of ether oxygens (including phenoxy) is 1. The zero-order valence-corrected chi connectivity index (χ0v) is 15.7. The van der Waals surface area contributed by atoms with Crippen LogP contribution in [0.25, 0.3) is 10.9 Å². The SMILES string of the molecule is Cn1nc(OC(=O)c2ccc(F)cc2)c2cc(NC(=O)c3ccc(F)cc3)ccc21. The average molecular weight is 407 g/mol. The topological polar surface area (TPSA) is 73.2 Å². The van der Waals surface area contributed by atoms with Crippen molar-refractivity contribution < 1.29 is 23.1 Å². The third kappa shape index (κ3) is 3.88. The molecular weight excluding hydrogens is 392 g/mol. The highest BCUT2D eigenvalue weighted by Gasteiger charge is 2.17. The number of fused-ring (bicyclic) bond motifs is 1. The van der Waals surface area contributed by atoms with E-state index in [1.807, 2.05) is 0 Å². The number of hydrogen-bond donors (Lipinski definition) is 1. The van der Waals surface area contributed by atoms with Crippen LogP contribution in [0.4, 0.5) is 14.5 Å². The van der Waals surface area contributed by atoms with E-state index in [2.05, 4.69) is 10.4 Å². The Morgan fingerprint density at radius 1 is 0.900 bits per heavy atom. The van der Waals surface area contributed by atoms with Crippen LogP contribution in [0.15, 0.2) is 66.7 Å². The Balaban J connectivity index is 1.60. The van der Waals surface area contributed by atoms with Crippen molar-refractivity contribution in [2.75, 3.05) is 5.32 Å². The molecule has 0 radical (unpaired) electrons. The van der Waals surface area contributed by atoms with Gasteiger partial charge in [0.2, 0.25) is 5.88 Å². The van der Waals surface area contributed by atoms with Crippen molar-refractivity contribution in [1.29, 1.82) is 0 Å². The minimum Gasteiger partial charge on any atom is -0.402 e. The van der Waals surface area contributed by atoms with Crippen LogP contribution in [0.1, 0.15) is 20.7 Å². The zero-order valence-electron chi connectivity index (χ0n) is 15.7. The van der Waals surface area contributed by atoms with Gasteiger partial charge >= 0.3 is 5.97 Å². The van der Waals surface area contributed by atoms with Gasteiger partial charge in [0, 0.05) is 18.3 Å². The number of rotatable bonds is 4. The number of halogens is 2. The monoisotopic (exact) mass is 407 g/mol. The van der Waals surface area contributed by atoms with E-state index in [1.54, 1.807) is 25.2 Å². The van der Waals surface area contributed by atoms with E-state index in [1.165, 1.54) is 41.1 Å². The molecular formula is C22H15F2N3O3. The zero-order chi connectivity index (χ0) is 21.3. The second kappa shape index (κ2) is 7.75. The predicted molar refractivity (Wildman–Crippen MR) is 106 cm³/mol. The highest BCUT2D eigenvalue weighted by Crippen LogP contribution is 2.28. The molecule has 0 saturated heterocycles. The van der Waals surface area contributed by atoms with Crippen molar-refractivity contribution in [2.45, 2.75) is 0 Å². The van der Waals surface area contributed by atoms with Crippen molar-refractivity contribution in [3.8, 4) is 5.88 Å². The maximum absolute atomic E-state index is 13.1. The fourth-order valence-corrected chi connectivity index (χ4v) is 2.92. The number of aryl methyl sites for hydroxylation is 1. The van der Waals surface area contributed by atoms with Crippen molar-refractivity contribution >= 4 is 28.5 Å². The molecule has 30 heavy (non-hydrogen) atoms. The predicted octanol–water partition coefficient (Wildman–Crippen LogP) is 4.32. The summed E-state index contributed by atoms with van der Waals surface area (Å²) in [6.07, 6.45) is 0. The molecule has 0 aliphatic heterocycles. The molecule has 0 bridgehead atoms. The number of anilines is 1. The lowest BCUT2D eigenvalue weighted by atomic mass is 10.2. The summed E-state index contributed by atoms with van der Waals surface area (Å²) in [6, 6.07) is 15.1. The van der Waals surface area contributed by atoms with Gasteiger partial charge < -0.3 is 10.1 Å². The number of carbonyl (C=O) groups excluding carboxylic acids is 2. The van der Waals surface area contributed by atoms with Gasteiger partial charge in [0.05, 0.1) is 16.5 Å². The van der Waals surface area contributed by atoms with Crippen LogP contribution in [0.3, 0.4) is 0 Å². The third-order valence-electron chi connectivity index (χ3n) is 4.45. The summed E-state index contributed by atoms with van der Waals surface area (Å²) in [5, 5.41) is 7.43. The van der Waals surface area contributed by atoms with Crippen molar-refractivity contribution in [1.82, 2.24) is 9.78 Å². The van der Waals surface area contributed by atoms with Crippen molar-refractivity contribution in [3.63, 3.8) is 0 Å². The fourth-order valence-electron chi connectivity index (χ4n) is 2.92. The maximum Gasteiger partial charge on any atom is 0.344 e. The molecule has 150 valence electrons. The first-order valence-electron chi connectivity index (χ1n) is 8.92. The van der Waals surface area contributed by atoms with E-state index in [-0.39, 0.29) is 11.4 Å². The first-order chi connectivity index (χ1) is 14.4. The Morgan fingerprint density at radius 3 is 2.13 bits per heavy atom. The maximum atomic E-state index is 13.1. The molecule has 4 aromatic rings. The molecule has 0 aliphatic rings. The number of esters is 1. The largest absolute Gasteiger partial charge is 0.402 e. The number of nitrogens with zero attached hydrogens (tertiary/aromatic N) is 2. The van der Waals surface area contributed by atoms with E-state index in [0.29, 0.717) is 22.2 Å². The number of carbonyl (C=O) groups is 2. The van der Waals surface area contributed by atoms with Gasteiger partial charge in [-0.05, 0) is 66.7 Å². The Morgan fingerprint density at radius 2 is 1.50 bits per heavy atom. The first kappa shape index (κ1) is 19.3. The number of amides is 1. The number of nitrogens with one attached hydrogen (secondary N) is 1. The van der Waals surface area contributed by atoms with Crippen LogP contribution in [0.5, 0.6) is 5.88 Å². The molecule has 6 nitrogen and oxygen atoms in total. The lowest BCUT2D eigenvalue weighted by molar-refractivity contribution is 0.0728. The van der Waals surface area contributed by atoms with Crippen LogP contribution in [-0.4, -0.2) is 21.7 Å². The molecule has 0 aliphatic carbocycles. The van der Waals surface area contributed by atoms with Crippen molar-refractivity contribution in [3.05, 3.63) is 89.5 Å². The quantitative estimate of drug-likeness (QED) is 0.512. The summed E-state index contributed by atoms with van der Waals surface area (Å²) in [6.45, 7) is 0. The van der Waals surface area contributed by atoms with Crippen LogP contribution < -0.4 is 10.1 Å². The Bertz CT molecular complexity index is 1250. The van der Waals surface area contributed by atoms with Crippen LogP contribution in [-0.2, 0) is 7.05 Å². The molecule has 1 amide bonds. The summed E-state index contributed by atoms with van der Waals surface area (Å²) in [5.74, 6) is -1.94. The summed E-state index contributed by atoms with van der Waals surface area (Å²) in [4.78, 5) is 24.7. The Hall–Kier alpha value is -4.07. The van der Waals surface area contributed by atoms with E-state index >= 15 is 0 Å². The van der Waals surface area contributed by atoms with E-state index in [9.17, 15) is 18.4 Å². The van der Waals surface area contributed by atoms with Crippen LogP contribution >= 0.6 is 0 Å². The highest BCUT2D eigenvalue weighted by atomic mass is 19.1. The third-order valence-corrected chi connectivity index (χ3v) is 4.45. The molecule has 0 spiro atoms. The second-order valence-electron chi connectivity index (χ2n) is 6.52. The molecule has 0 unspecified atom stereocenters. The minimum absolute atomic E-state index is 0.0553. The van der Waals surface area contributed by atoms with Gasteiger partial charge in [-0.1, -0.05) is 0 Å². The molecule has 0 saturated carbocycles. The first-order valence-corrected chi connectivity index (χ1v) is 8.92. The average Bonchev–Trinajstić information content (AvgIpc) is 3.03. The van der Waals surface area contributed by atoms with Gasteiger partial charge in [0.1, 0.15) is 11.6 Å². The van der Waals surface area contributed by atoms with Gasteiger partial charge in [0.25, 0.3) is 5.91 Å². The van der Waals surface area contributed by atoms with Crippen molar-refractivity contribution in [2.24, 2.45) is 7.05 Å². The minimum atomic E-state index is -0.684. The van der Waals surface area contributed by atoms with Gasteiger partial charge in [-0.2, -0.15) is 0 Å². The lowest BCUT2D eigenvalue weighted by Crippen LogP contribution is -2.11. The number of benzene rings is 3. The summed E-state index contributed by atoms with van der Waals surface area (Å²) >= 11 is 0. The molecule has 3 aromatic carbocycles. The smallest absolute Gasteiger partial charge is 0.344 e. The van der Waals surface area contributed by atoms with Crippen LogP contribution in [0, 0.1) is 11.6 Å². The van der Waals surface area contributed by atoms with Gasteiger partial charge in [0.15, 0.2) is 0 Å². The molecule has 0 fully saturated rings. The molecule has 1 N–H and O–H groups in total.